The van der Waals surface area contributed by atoms with Crippen molar-refractivity contribution in [2.45, 2.75) is 38.5 Å². The maximum atomic E-state index is 5.50. The second kappa shape index (κ2) is 7.39. The van der Waals surface area contributed by atoms with Crippen LogP contribution in [-0.2, 0) is 10.8 Å². The Balaban J connectivity index is 1.38. The Morgan fingerprint density at radius 1 is 0.486 bits per heavy atom. The molecular weight excluding hydrogens is 430 g/mol. The lowest BCUT2D eigenvalue weighted by Gasteiger charge is -2.22. The second-order valence-corrected chi connectivity index (χ2v) is 10.7. The molecule has 4 aromatic rings. The van der Waals surface area contributed by atoms with Gasteiger partial charge in [-0.25, -0.2) is 0 Å². The lowest BCUT2D eigenvalue weighted by molar-refractivity contribution is 0.413. The first-order chi connectivity index (χ1) is 16.7. The van der Waals surface area contributed by atoms with Crippen molar-refractivity contribution in [1.29, 1.82) is 0 Å². The van der Waals surface area contributed by atoms with E-state index >= 15 is 0 Å². The third kappa shape index (κ3) is 3.11. The molecule has 3 heteroatoms. The number of fused-ring (bicyclic) bond motifs is 6. The van der Waals surface area contributed by atoms with Gasteiger partial charge in [-0.2, -0.15) is 0 Å². The SMILES string of the molecule is COc1ccc2c(c1)C(C)(C)c1ccc(Nc3ccc4c(c3)-c3ccc(OC)cc3C4(C)C)cc1-2. The van der Waals surface area contributed by atoms with Gasteiger partial charge < -0.3 is 14.8 Å². The Bertz CT molecular complexity index is 1380. The predicted octanol–water partition coefficient (Wildman–Crippen LogP) is 8.06. The van der Waals surface area contributed by atoms with Crippen molar-refractivity contribution in [3.63, 3.8) is 0 Å². The van der Waals surface area contributed by atoms with Gasteiger partial charge in [-0.3, -0.25) is 0 Å². The monoisotopic (exact) mass is 461 g/mol. The summed E-state index contributed by atoms with van der Waals surface area (Å²) in [6, 6.07) is 26.3. The van der Waals surface area contributed by atoms with Gasteiger partial charge in [0.25, 0.3) is 0 Å². The molecule has 0 fully saturated rings. The van der Waals surface area contributed by atoms with Crippen LogP contribution < -0.4 is 14.8 Å². The van der Waals surface area contributed by atoms with E-state index in [4.69, 9.17) is 9.47 Å². The number of ether oxygens (including phenoxy) is 2. The summed E-state index contributed by atoms with van der Waals surface area (Å²) in [7, 11) is 3.46. The summed E-state index contributed by atoms with van der Waals surface area (Å²) in [5.41, 5.74) is 12.6. The highest BCUT2D eigenvalue weighted by molar-refractivity contribution is 5.86. The largest absolute Gasteiger partial charge is 0.497 e. The maximum absolute atomic E-state index is 5.50. The van der Waals surface area contributed by atoms with Crippen molar-refractivity contribution < 1.29 is 9.47 Å². The highest BCUT2D eigenvalue weighted by Gasteiger charge is 2.37. The average molecular weight is 462 g/mol. The molecule has 0 radical (unpaired) electrons. The summed E-state index contributed by atoms with van der Waals surface area (Å²) in [5, 5.41) is 3.68. The smallest absolute Gasteiger partial charge is 0.119 e. The molecule has 4 aromatic carbocycles. The average Bonchev–Trinajstić information content (AvgIpc) is 3.22. The third-order valence-electron chi connectivity index (χ3n) is 8.06. The fraction of sp³-hybridized carbons (Fsp3) is 0.250. The van der Waals surface area contributed by atoms with E-state index in [-0.39, 0.29) is 10.8 Å². The van der Waals surface area contributed by atoms with E-state index in [9.17, 15) is 0 Å². The van der Waals surface area contributed by atoms with Gasteiger partial charge in [0.2, 0.25) is 0 Å². The van der Waals surface area contributed by atoms with E-state index in [1.54, 1.807) is 14.2 Å². The van der Waals surface area contributed by atoms with Crippen LogP contribution in [0.1, 0.15) is 49.9 Å². The minimum atomic E-state index is -0.0539. The molecule has 0 atom stereocenters. The van der Waals surface area contributed by atoms with Gasteiger partial charge in [0.1, 0.15) is 11.5 Å². The molecule has 2 aliphatic carbocycles. The first kappa shape index (κ1) is 21.8. The van der Waals surface area contributed by atoms with Gasteiger partial charge in [-0.05, 0) is 93.0 Å². The Kier molecular flexibility index (Phi) is 4.60. The molecule has 0 bridgehead atoms. The van der Waals surface area contributed by atoms with E-state index in [2.05, 4.69) is 106 Å². The molecule has 0 saturated carbocycles. The van der Waals surface area contributed by atoms with Crippen LogP contribution in [0.4, 0.5) is 11.4 Å². The molecule has 1 N–H and O–H groups in total. The number of rotatable bonds is 4. The number of hydrogen-bond donors (Lipinski definition) is 1. The molecular formula is C32H31NO2. The minimum absolute atomic E-state index is 0.0539. The number of hydrogen-bond acceptors (Lipinski definition) is 3. The Morgan fingerprint density at radius 2 is 0.914 bits per heavy atom. The molecule has 0 unspecified atom stereocenters. The molecule has 0 spiro atoms. The molecule has 0 amide bonds. The van der Waals surface area contributed by atoms with Crippen molar-refractivity contribution in [3.05, 3.63) is 95.1 Å². The van der Waals surface area contributed by atoms with E-state index in [0.717, 1.165) is 22.9 Å². The van der Waals surface area contributed by atoms with Crippen LogP contribution in [0.15, 0.2) is 72.8 Å². The van der Waals surface area contributed by atoms with Crippen LogP contribution in [0.5, 0.6) is 11.5 Å². The Labute approximate surface area is 207 Å². The molecule has 0 aromatic heterocycles. The van der Waals surface area contributed by atoms with E-state index < -0.39 is 0 Å². The summed E-state index contributed by atoms with van der Waals surface area (Å²) >= 11 is 0. The zero-order chi connectivity index (χ0) is 24.5. The van der Waals surface area contributed by atoms with E-state index in [1.807, 2.05) is 0 Å². The van der Waals surface area contributed by atoms with Crippen molar-refractivity contribution in [2.24, 2.45) is 0 Å². The standard InChI is InChI=1S/C32H31NO2/c1-31(2)27-13-7-19(15-25(27)23-11-9-21(34-5)17-29(23)31)33-20-8-14-28-26(16-20)24-12-10-22(35-6)18-30(24)32(28,3)4/h7-18,33H,1-6H3. The van der Waals surface area contributed by atoms with Crippen molar-refractivity contribution >= 4 is 11.4 Å². The van der Waals surface area contributed by atoms with E-state index in [0.29, 0.717) is 0 Å². The summed E-state index contributed by atoms with van der Waals surface area (Å²) in [6.07, 6.45) is 0. The molecule has 6 rings (SSSR count). The molecule has 0 heterocycles. The highest BCUT2D eigenvalue weighted by Crippen LogP contribution is 2.52. The van der Waals surface area contributed by atoms with Gasteiger partial charge in [0.05, 0.1) is 14.2 Å². The molecule has 176 valence electrons. The van der Waals surface area contributed by atoms with Crippen LogP contribution in [0.3, 0.4) is 0 Å². The molecule has 0 saturated heterocycles. The van der Waals surface area contributed by atoms with Crippen molar-refractivity contribution in [1.82, 2.24) is 0 Å². The normalized spacial score (nSPS) is 15.6. The number of benzene rings is 4. The predicted molar refractivity (Wildman–Crippen MR) is 144 cm³/mol. The Morgan fingerprint density at radius 3 is 1.31 bits per heavy atom. The van der Waals surface area contributed by atoms with E-state index in [1.165, 1.54) is 44.5 Å². The van der Waals surface area contributed by atoms with Crippen molar-refractivity contribution in [3.8, 4) is 33.8 Å². The zero-order valence-electron chi connectivity index (χ0n) is 21.2. The Hall–Kier alpha value is -3.72. The first-order valence-corrected chi connectivity index (χ1v) is 12.2. The van der Waals surface area contributed by atoms with Crippen LogP contribution in [0.2, 0.25) is 0 Å². The molecule has 35 heavy (non-hydrogen) atoms. The number of anilines is 2. The van der Waals surface area contributed by atoms with Gasteiger partial charge in [0, 0.05) is 22.2 Å². The summed E-state index contributed by atoms with van der Waals surface area (Å²) in [5.74, 6) is 1.81. The lowest BCUT2D eigenvalue weighted by Crippen LogP contribution is -2.15. The summed E-state index contributed by atoms with van der Waals surface area (Å²) in [4.78, 5) is 0. The van der Waals surface area contributed by atoms with Crippen LogP contribution in [-0.4, -0.2) is 14.2 Å². The van der Waals surface area contributed by atoms with Crippen LogP contribution in [0, 0.1) is 0 Å². The van der Waals surface area contributed by atoms with Crippen LogP contribution >= 0.6 is 0 Å². The number of nitrogens with one attached hydrogen (secondary N) is 1. The highest BCUT2D eigenvalue weighted by atomic mass is 16.5. The molecule has 3 nitrogen and oxygen atoms in total. The van der Waals surface area contributed by atoms with Gasteiger partial charge in [-0.1, -0.05) is 52.0 Å². The molecule has 2 aliphatic rings. The summed E-state index contributed by atoms with van der Waals surface area (Å²) < 4.78 is 11.0. The fourth-order valence-corrected chi connectivity index (χ4v) is 6.04. The van der Waals surface area contributed by atoms with Crippen LogP contribution in [0.25, 0.3) is 22.3 Å². The van der Waals surface area contributed by atoms with Gasteiger partial charge in [0.15, 0.2) is 0 Å². The summed E-state index contributed by atoms with van der Waals surface area (Å²) in [6.45, 7) is 9.16. The lowest BCUT2D eigenvalue weighted by atomic mass is 9.82. The fourth-order valence-electron chi connectivity index (χ4n) is 6.04. The van der Waals surface area contributed by atoms with Gasteiger partial charge >= 0.3 is 0 Å². The second-order valence-electron chi connectivity index (χ2n) is 10.7. The van der Waals surface area contributed by atoms with Gasteiger partial charge in [-0.15, -0.1) is 0 Å². The zero-order valence-corrected chi connectivity index (χ0v) is 21.2. The maximum Gasteiger partial charge on any atom is 0.119 e. The first-order valence-electron chi connectivity index (χ1n) is 12.2. The molecule has 0 aliphatic heterocycles. The third-order valence-corrected chi connectivity index (χ3v) is 8.06. The number of methoxy groups -OCH3 is 2. The van der Waals surface area contributed by atoms with Crippen molar-refractivity contribution in [2.75, 3.05) is 19.5 Å². The topological polar surface area (TPSA) is 30.5 Å². The minimum Gasteiger partial charge on any atom is -0.497 e. The quantitative estimate of drug-likeness (QED) is 0.333.